The van der Waals surface area contributed by atoms with Crippen molar-refractivity contribution in [2.45, 2.75) is 45.7 Å². The van der Waals surface area contributed by atoms with Gasteiger partial charge in [-0.1, -0.05) is 25.5 Å². The summed E-state index contributed by atoms with van der Waals surface area (Å²) in [4.78, 5) is 0. The van der Waals surface area contributed by atoms with E-state index in [0.717, 1.165) is 11.5 Å². The van der Waals surface area contributed by atoms with E-state index in [9.17, 15) is 5.11 Å². The molecule has 0 amide bonds. The summed E-state index contributed by atoms with van der Waals surface area (Å²) in [5, 5.41) is 13.6. The summed E-state index contributed by atoms with van der Waals surface area (Å²) in [6.45, 7) is 5.50. The van der Waals surface area contributed by atoms with Crippen molar-refractivity contribution in [1.29, 1.82) is 0 Å². The molecule has 2 unspecified atom stereocenters. The standard InChI is InChI=1S/C15H23NO2/c1-3-18-14-9-5-7-12(15(14)17)10-16-13-8-4-6-11(13)2/h5,7,9,11,13,16-17H,3-4,6,8,10H2,1-2H3. The molecule has 0 aliphatic heterocycles. The second-order valence-corrected chi connectivity index (χ2v) is 5.09. The van der Waals surface area contributed by atoms with Gasteiger partial charge in [0.1, 0.15) is 0 Å². The predicted octanol–water partition coefficient (Wildman–Crippen LogP) is 3.07. The first kappa shape index (κ1) is 13.2. The summed E-state index contributed by atoms with van der Waals surface area (Å²) in [5.74, 6) is 1.59. The molecule has 2 N–H and O–H groups in total. The topological polar surface area (TPSA) is 41.5 Å². The van der Waals surface area contributed by atoms with Gasteiger partial charge in [0, 0.05) is 18.2 Å². The highest BCUT2D eigenvalue weighted by molar-refractivity contribution is 5.45. The first-order chi connectivity index (χ1) is 8.72. The van der Waals surface area contributed by atoms with Crippen LogP contribution in [-0.2, 0) is 6.54 Å². The van der Waals surface area contributed by atoms with Gasteiger partial charge in [-0.3, -0.25) is 0 Å². The van der Waals surface area contributed by atoms with Gasteiger partial charge in [0.2, 0.25) is 0 Å². The normalized spacial score (nSPS) is 23.2. The van der Waals surface area contributed by atoms with Crippen LogP contribution in [0.5, 0.6) is 11.5 Å². The molecule has 0 aromatic heterocycles. The zero-order chi connectivity index (χ0) is 13.0. The Hall–Kier alpha value is -1.22. The van der Waals surface area contributed by atoms with E-state index in [1.54, 1.807) is 6.07 Å². The lowest BCUT2D eigenvalue weighted by molar-refractivity contribution is 0.315. The molecule has 1 aromatic rings. The molecule has 1 saturated carbocycles. The van der Waals surface area contributed by atoms with Crippen molar-refractivity contribution in [3.8, 4) is 11.5 Å². The largest absolute Gasteiger partial charge is 0.504 e. The number of para-hydroxylation sites is 1. The van der Waals surface area contributed by atoms with E-state index in [1.165, 1.54) is 19.3 Å². The number of rotatable bonds is 5. The monoisotopic (exact) mass is 249 g/mol. The maximum atomic E-state index is 10.1. The zero-order valence-electron chi connectivity index (χ0n) is 11.3. The fraction of sp³-hybridized carbons (Fsp3) is 0.600. The second kappa shape index (κ2) is 6.10. The highest BCUT2D eigenvalue weighted by Gasteiger charge is 2.22. The Labute approximate surface area is 109 Å². The van der Waals surface area contributed by atoms with Gasteiger partial charge in [0.05, 0.1) is 6.61 Å². The van der Waals surface area contributed by atoms with Crippen molar-refractivity contribution in [3.05, 3.63) is 23.8 Å². The van der Waals surface area contributed by atoms with Crippen LogP contribution in [0.4, 0.5) is 0 Å². The van der Waals surface area contributed by atoms with E-state index < -0.39 is 0 Å². The lowest BCUT2D eigenvalue weighted by Gasteiger charge is -2.18. The molecule has 100 valence electrons. The van der Waals surface area contributed by atoms with Crippen LogP contribution in [-0.4, -0.2) is 17.8 Å². The highest BCUT2D eigenvalue weighted by Crippen LogP contribution is 2.30. The van der Waals surface area contributed by atoms with Crippen LogP contribution in [0.2, 0.25) is 0 Å². The maximum Gasteiger partial charge on any atom is 0.162 e. The Morgan fingerprint density at radius 2 is 2.22 bits per heavy atom. The summed E-state index contributed by atoms with van der Waals surface area (Å²) in [6.07, 6.45) is 3.86. The van der Waals surface area contributed by atoms with Gasteiger partial charge < -0.3 is 15.2 Å². The molecule has 2 atom stereocenters. The molecule has 0 saturated heterocycles. The van der Waals surface area contributed by atoms with Gasteiger partial charge in [-0.2, -0.15) is 0 Å². The van der Waals surface area contributed by atoms with E-state index in [1.807, 2.05) is 19.1 Å². The number of hydrogen-bond donors (Lipinski definition) is 2. The molecule has 1 aromatic carbocycles. The van der Waals surface area contributed by atoms with E-state index in [0.29, 0.717) is 24.9 Å². The number of nitrogens with one attached hydrogen (secondary N) is 1. The molecule has 0 radical (unpaired) electrons. The molecule has 18 heavy (non-hydrogen) atoms. The third-order valence-electron chi connectivity index (χ3n) is 3.80. The van der Waals surface area contributed by atoms with Crippen LogP contribution < -0.4 is 10.1 Å². The van der Waals surface area contributed by atoms with Crippen molar-refractivity contribution in [3.63, 3.8) is 0 Å². The molecular weight excluding hydrogens is 226 g/mol. The molecule has 3 nitrogen and oxygen atoms in total. The number of benzene rings is 1. The number of ether oxygens (including phenoxy) is 1. The Bertz CT molecular complexity index is 392. The van der Waals surface area contributed by atoms with Gasteiger partial charge in [-0.25, -0.2) is 0 Å². The number of hydrogen-bond acceptors (Lipinski definition) is 3. The fourth-order valence-corrected chi connectivity index (χ4v) is 2.67. The minimum atomic E-state index is 0.275. The lowest BCUT2D eigenvalue weighted by Crippen LogP contribution is -2.30. The van der Waals surface area contributed by atoms with Gasteiger partial charge in [-0.15, -0.1) is 0 Å². The SMILES string of the molecule is CCOc1cccc(CNC2CCCC2C)c1O. The number of phenols is 1. The van der Waals surface area contributed by atoms with Gasteiger partial charge in [0.15, 0.2) is 11.5 Å². The summed E-state index contributed by atoms with van der Waals surface area (Å²) in [5.41, 5.74) is 0.917. The van der Waals surface area contributed by atoms with E-state index in [4.69, 9.17) is 4.74 Å². The van der Waals surface area contributed by atoms with Crippen molar-refractivity contribution >= 4 is 0 Å². The number of phenolic OH excluding ortho intramolecular Hbond substituents is 1. The van der Waals surface area contributed by atoms with Crippen molar-refractivity contribution < 1.29 is 9.84 Å². The molecule has 0 spiro atoms. The minimum absolute atomic E-state index is 0.275. The average Bonchev–Trinajstić information content (AvgIpc) is 2.76. The zero-order valence-corrected chi connectivity index (χ0v) is 11.3. The van der Waals surface area contributed by atoms with Gasteiger partial charge in [-0.05, 0) is 31.7 Å². The van der Waals surface area contributed by atoms with Crippen LogP contribution >= 0.6 is 0 Å². The average molecular weight is 249 g/mol. The van der Waals surface area contributed by atoms with Crippen LogP contribution in [0.1, 0.15) is 38.7 Å². The van der Waals surface area contributed by atoms with Gasteiger partial charge >= 0.3 is 0 Å². The van der Waals surface area contributed by atoms with Crippen LogP contribution in [0, 0.1) is 5.92 Å². The fourth-order valence-electron chi connectivity index (χ4n) is 2.67. The number of aromatic hydroxyl groups is 1. The third-order valence-corrected chi connectivity index (χ3v) is 3.80. The Balaban J connectivity index is 1.98. The molecule has 3 heteroatoms. The molecule has 1 fully saturated rings. The van der Waals surface area contributed by atoms with Crippen LogP contribution in [0.3, 0.4) is 0 Å². The third kappa shape index (κ3) is 2.96. The van der Waals surface area contributed by atoms with Gasteiger partial charge in [0.25, 0.3) is 0 Å². The molecule has 1 aliphatic carbocycles. The van der Waals surface area contributed by atoms with E-state index >= 15 is 0 Å². The maximum absolute atomic E-state index is 10.1. The van der Waals surface area contributed by atoms with Crippen LogP contribution in [0.25, 0.3) is 0 Å². The first-order valence-corrected chi connectivity index (χ1v) is 6.89. The van der Waals surface area contributed by atoms with E-state index in [2.05, 4.69) is 12.2 Å². The minimum Gasteiger partial charge on any atom is -0.504 e. The highest BCUT2D eigenvalue weighted by atomic mass is 16.5. The summed E-state index contributed by atoms with van der Waals surface area (Å²) >= 11 is 0. The first-order valence-electron chi connectivity index (χ1n) is 6.89. The molecule has 2 rings (SSSR count). The Kier molecular flexibility index (Phi) is 4.48. The predicted molar refractivity (Wildman–Crippen MR) is 72.9 cm³/mol. The lowest BCUT2D eigenvalue weighted by atomic mass is 10.1. The van der Waals surface area contributed by atoms with Crippen molar-refractivity contribution in [2.24, 2.45) is 5.92 Å². The molecular formula is C15H23NO2. The van der Waals surface area contributed by atoms with Crippen molar-refractivity contribution in [2.75, 3.05) is 6.61 Å². The Morgan fingerprint density at radius 3 is 2.89 bits per heavy atom. The van der Waals surface area contributed by atoms with Crippen LogP contribution in [0.15, 0.2) is 18.2 Å². The smallest absolute Gasteiger partial charge is 0.162 e. The van der Waals surface area contributed by atoms with Crippen molar-refractivity contribution in [1.82, 2.24) is 5.32 Å². The summed E-state index contributed by atoms with van der Waals surface area (Å²) in [6, 6.07) is 6.27. The van der Waals surface area contributed by atoms with E-state index in [-0.39, 0.29) is 5.75 Å². The molecule has 0 heterocycles. The molecule has 0 bridgehead atoms. The summed E-state index contributed by atoms with van der Waals surface area (Å²) in [7, 11) is 0. The quantitative estimate of drug-likeness (QED) is 0.842. The summed E-state index contributed by atoms with van der Waals surface area (Å²) < 4.78 is 5.39. The Morgan fingerprint density at radius 1 is 1.39 bits per heavy atom. The molecule has 1 aliphatic rings. The second-order valence-electron chi connectivity index (χ2n) is 5.09.